The number of nitrogens with one attached hydrogen (secondary N) is 1. The zero-order chi connectivity index (χ0) is 19.2. The molecule has 26 heavy (non-hydrogen) atoms. The summed E-state index contributed by atoms with van der Waals surface area (Å²) in [5.74, 6) is -0.610. The lowest BCUT2D eigenvalue weighted by Crippen LogP contribution is -2.36. The number of nitrogens with two attached hydrogens (primary N) is 1. The van der Waals surface area contributed by atoms with Gasteiger partial charge in [-0.2, -0.15) is 5.10 Å². The van der Waals surface area contributed by atoms with E-state index in [2.05, 4.69) is 10.4 Å². The highest BCUT2D eigenvalue weighted by Crippen LogP contribution is 2.32. The first-order chi connectivity index (χ1) is 12.1. The third-order valence-corrected chi connectivity index (χ3v) is 5.06. The third kappa shape index (κ3) is 3.11. The van der Waals surface area contributed by atoms with Gasteiger partial charge in [-0.3, -0.25) is 9.59 Å². The number of alkyl halides is 1. The van der Waals surface area contributed by atoms with Crippen LogP contribution in [0.15, 0.2) is 18.5 Å². The number of carbonyl (C=O) groups is 2. The maximum Gasteiger partial charge on any atom is 0.252 e. The van der Waals surface area contributed by atoms with Gasteiger partial charge in [-0.1, -0.05) is 6.92 Å². The van der Waals surface area contributed by atoms with Crippen LogP contribution < -0.4 is 16.0 Å². The van der Waals surface area contributed by atoms with E-state index in [1.165, 1.54) is 20.0 Å². The molecule has 3 heterocycles. The highest BCUT2D eigenvalue weighted by Gasteiger charge is 2.31. The summed E-state index contributed by atoms with van der Waals surface area (Å²) < 4.78 is 15.9. The number of primary amides is 1. The lowest BCUT2D eigenvalue weighted by atomic mass is 10.0. The molecule has 0 radical (unpaired) electrons. The maximum atomic E-state index is 14.3. The van der Waals surface area contributed by atoms with Gasteiger partial charge in [-0.15, -0.1) is 0 Å². The summed E-state index contributed by atoms with van der Waals surface area (Å²) in [5.41, 5.74) is 5.82. The first-order valence-corrected chi connectivity index (χ1v) is 8.67. The van der Waals surface area contributed by atoms with E-state index in [0.717, 1.165) is 6.42 Å². The molecule has 1 aliphatic heterocycles. The summed E-state index contributed by atoms with van der Waals surface area (Å²) in [6.45, 7) is 7.15. The fourth-order valence-electron chi connectivity index (χ4n) is 3.00. The standard InChI is InChI=1S/C18H24FN5O2/c1-10-5-6-23(17(10)26)12-7-14-15(22-11(2)18(3,4)19)13(16(20)25)8-21-24(14)9-12/h7-11,22H,5-6H2,1-4H3,(H2,20,25). The molecule has 0 bridgehead atoms. The molecule has 2 atom stereocenters. The van der Waals surface area contributed by atoms with Gasteiger partial charge in [0.15, 0.2) is 0 Å². The van der Waals surface area contributed by atoms with Crippen molar-refractivity contribution < 1.29 is 14.0 Å². The smallest absolute Gasteiger partial charge is 0.252 e. The molecular formula is C18H24FN5O2. The lowest BCUT2D eigenvalue weighted by molar-refractivity contribution is -0.119. The Morgan fingerprint density at radius 1 is 1.50 bits per heavy atom. The summed E-state index contributed by atoms with van der Waals surface area (Å²) >= 11 is 0. The van der Waals surface area contributed by atoms with Crippen LogP contribution in [0.2, 0.25) is 0 Å². The monoisotopic (exact) mass is 361 g/mol. The van der Waals surface area contributed by atoms with Crippen LogP contribution in [0.1, 0.15) is 44.5 Å². The van der Waals surface area contributed by atoms with E-state index in [9.17, 15) is 14.0 Å². The van der Waals surface area contributed by atoms with Gasteiger partial charge in [0, 0.05) is 12.5 Å². The molecule has 0 saturated carbocycles. The van der Waals surface area contributed by atoms with Crippen molar-refractivity contribution in [2.24, 2.45) is 11.7 Å². The number of amides is 2. The number of hydrogen-bond donors (Lipinski definition) is 2. The molecule has 3 N–H and O–H groups in total. The first-order valence-electron chi connectivity index (χ1n) is 8.67. The van der Waals surface area contributed by atoms with Crippen molar-refractivity contribution in [1.82, 2.24) is 9.61 Å². The Morgan fingerprint density at radius 3 is 2.73 bits per heavy atom. The van der Waals surface area contributed by atoms with E-state index < -0.39 is 17.6 Å². The number of aromatic nitrogens is 2. The molecule has 1 fully saturated rings. The molecule has 1 aliphatic rings. The largest absolute Gasteiger partial charge is 0.377 e. The first kappa shape index (κ1) is 18.2. The fraction of sp³-hybridized carbons (Fsp3) is 0.500. The number of rotatable bonds is 5. The number of carbonyl (C=O) groups excluding carboxylic acids is 2. The van der Waals surface area contributed by atoms with Crippen LogP contribution in [0.5, 0.6) is 0 Å². The molecule has 8 heteroatoms. The zero-order valence-electron chi connectivity index (χ0n) is 15.4. The SMILES string of the molecule is CC1CCN(c2cc3c(NC(C)C(C)(C)F)c(C(N)=O)cnn3c2)C1=O. The summed E-state index contributed by atoms with van der Waals surface area (Å²) in [6, 6.07) is 1.20. The van der Waals surface area contributed by atoms with E-state index in [0.29, 0.717) is 23.4 Å². The summed E-state index contributed by atoms with van der Waals surface area (Å²) in [7, 11) is 0. The molecule has 7 nitrogen and oxygen atoms in total. The van der Waals surface area contributed by atoms with Crippen LogP contribution in [-0.4, -0.2) is 39.7 Å². The molecule has 2 unspecified atom stereocenters. The van der Waals surface area contributed by atoms with Crippen molar-refractivity contribution in [2.45, 2.75) is 45.8 Å². The molecule has 0 aromatic carbocycles. The molecule has 3 rings (SSSR count). The highest BCUT2D eigenvalue weighted by atomic mass is 19.1. The Kier molecular flexibility index (Phi) is 4.37. The summed E-state index contributed by atoms with van der Waals surface area (Å²) in [5, 5.41) is 7.27. The number of anilines is 2. The second kappa shape index (κ2) is 6.26. The van der Waals surface area contributed by atoms with Gasteiger partial charge >= 0.3 is 0 Å². The number of halogens is 1. The van der Waals surface area contributed by atoms with E-state index in [-0.39, 0.29) is 17.4 Å². The van der Waals surface area contributed by atoms with E-state index >= 15 is 0 Å². The highest BCUT2D eigenvalue weighted by molar-refractivity contribution is 6.03. The predicted octanol–water partition coefficient (Wildman–Crippen LogP) is 2.35. The van der Waals surface area contributed by atoms with Gasteiger partial charge in [0.05, 0.1) is 40.9 Å². The van der Waals surface area contributed by atoms with Crippen LogP contribution in [0.4, 0.5) is 15.8 Å². The Labute approximate surface area is 151 Å². The van der Waals surface area contributed by atoms with Gasteiger partial charge in [-0.25, -0.2) is 8.91 Å². The molecule has 1 saturated heterocycles. The van der Waals surface area contributed by atoms with Crippen molar-refractivity contribution in [3.05, 3.63) is 24.0 Å². The summed E-state index contributed by atoms with van der Waals surface area (Å²) in [4.78, 5) is 25.8. The quantitative estimate of drug-likeness (QED) is 0.855. The van der Waals surface area contributed by atoms with Crippen LogP contribution in [0.25, 0.3) is 5.52 Å². The average molecular weight is 361 g/mol. The second-order valence-corrected chi connectivity index (χ2v) is 7.44. The Balaban J connectivity index is 2.09. The van der Waals surface area contributed by atoms with Crippen LogP contribution in [0, 0.1) is 5.92 Å². The van der Waals surface area contributed by atoms with E-state index in [4.69, 9.17) is 5.73 Å². The van der Waals surface area contributed by atoms with Crippen LogP contribution in [0.3, 0.4) is 0 Å². The number of fused-ring (bicyclic) bond motifs is 1. The van der Waals surface area contributed by atoms with Gasteiger partial charge in [-0.05, 0) is 33.3 Å². The number of nitrogens with zero attached hydrogens (tertiary/aromatic N) is 3. The Morgan fingerprint density at radius 2 is 2.19 bits per heavy atom. The van der Waals surface area contributed by atoms with Crippen molar-refractivity contribution >= 4 is 28.7 Å². The average Bonchev–Trinajstić information content (AvgIpc) is 3.10. The summed E-state index contributed by atoms with van der Waals surface area (Å²) in [6.07, 6.45) is 3.88. The molecule has 140 valence electrons. The Bertz CT molecular complexity index is 870. The molecule has 0 aliphatic carbocycles. The molecule has 2 aromatic rings. The van der Waals surface area contributed by atoms with Crippen molar-refractivity contribution in [1.29, 1.82) is 0 Å². The van der Waals surface area contributed by atoms with Gasteiger partial charge in [0.1, 0.15) is 5.67 Å². The minimum absolute atomic E-state index is 0.0166. The normalized spacial score (nSPS) is 19.2. The van der Waals surface area contributed by atoms with Crippen molar-refractivity contribution in [3.8, 4) is 0 Å². The lowest BCUT2D eigenvalue weighted by Gasteiger charge is -2.26. The van der Waals surface area contributed by atoms with Crippen molar-refractivity contribution in [3.63, 3.8) is 0 Å². The van der Waals surface area contributed by atoms with Crippen molar-refractivity contribution in [2.75, 3.05) is 16.8 Å². The van der Waals surface area contributed by atoms with E-state index in [1.807, 2.05) is 6.92 Å². The Hall–Kier alpha value is -2.64. The molecular weight excluding hydrogens is 337 g/mol. The number of hydrogen-bond acceptors (Lipinski definition) is 4. The van der Waals surface area contributed by atoms with Gasteiger partial charge in [0.2, 0.25) is 5.91 Å². The van der Waals surface area contributed by atoms with Gasteiger partial charge in [0.25, 0.3) is 5.91 Å². The topological polar surface area (TPSA) is 92.7 Å². The maximum absolute atomic E-state index is 14.3. The molecule has 2 aromatic heterocycles. The van der Waals surface area contributed by atoms with Crippen LogP contribution in [-0.2, 0) is 4.79 Å². The van der Waals surface area contributed by atoms with E-state index in [1.54, 1.807) is 28.6 Å². The third-order valence-electron chi connectivity index (χ3n) is 5.06. The minimum Gasteiger partial charge on any atom is -0.377 e. The van der Waals surface area contributed by atoms with Crippen LogP contribution >= 0.6 is 0 Å². The minimum atomic E-state index is -1.51. The van der Waals surface area contributed by atoms with Gasteiger partial charge < -0.3 is 16.0 Å². The molecule has 2 amide bonds. The zero-order valence-corrected chi connectivity index (χ0v) is 15.4. The molecule has 0 spiro atoms. The second-order valence-electron chi connectivity index (χ2n) is 7.44. The predicted molar refractivity (Wildman–Crippen MR) is 98.1 cm³/mol. The fourth-order valence-corrected chi connectivity index (χ4v) is 3.00.